The smallest absolute Gasteiger partial charge is 0.354 e. The van der Waals surface area contributed by atoms with E-state index in [2.05, 4.69) is 5.32 Å². The van der Waals surface area contributed by atoms with E-state index in [1.165, 1.54) is 0 Å². The van der Waals surface area contributed by atoms with Crippen molar-refractivity contribution in [2.24, 2.45) is 17.1 Å². The topological polar surface area (TPSA) is 55.1 Å². The molecule has 3 nitrogen and oxygen atoms in total. The van der Waals surface area contributed by atoms with Crippen molar-refractivity contribution >= 4 is 5.91 Å². The van der Waals surface area contributed by atoms with E-state index in [1.54, 1.807) is 0 Å². The van der Waals surface area contributed by atoms with E-state index in [0.29, 0.717) is 12.8 Å². The van der Waals surface area contributed by atoms with Gasteiger partial charge >= 0.3 is 6.18 Å². The van der Waals surface area contributed by atoms with E-state index in [9.17, 15) is 18.0 Å². The zero-order valence-corrected chi connectivity index (χ0v) is 10.3. The third-order valence-electron chi connectivity index (χ3n) is 3.78. The average Bonchev–Trinajstić information content (AvgIpc) is 2.93. The normalized spacial score (nSPS) is 22.1. The van der Waals surface area contributed by atoms with Crippen molar-refractivity contribution in [3.05, 3.63) is 0 Å². The lowest BCUT2D eigenvalue weighted by Crippen LogP contribution is -2.61. The number of carbonyl (C=O) groups is 1. The second-order valence-electron chi connectivity index (χ2n) is 5.40. The summed E-state index contributed by atoms with van der Waals surface area (Å²) in [6.07, 6.45) is -2.85. The minimum Gasteiger partial charge on any atom is -0.354 e. The predicted octanol–water partition coefficient (Wildman–Crippen LogP) is 1.82. The Morgan fingerprint density at radius 2 is 1.88 bits per heavy atom. The molecule has 0 saturated heterocycles. The number of halogens is 3. The van der Waals surface area contributed by atoms with Gasteiger partial charge in [-0.2, -0.15) is 13.2 Å². The number of hydrogen-bond donors (Lipinski definition) is 2. The van der Waals surface area contributed by atoms with Gasteiger partial charge in [0, 0.05) is 6.54 Å². The molecule has 17 heavy (non-hydrogen) atoms. The number of carbonyl (C=O) groups excluding carboxylic acids is 1. The number of hydrogen-bond acceptors (Lipinski definition) is 2. The zero-order valence-electron chi connectivity index (χ0n) is 10.3. The highest BCUT2D eigenvalue weighted by Crippen LogP contribution is 2.51. The molecule has 0 radical (unpaired) electrons. The fraction of sp³-hybridized carbons (Fsp3) is 0.909. The average molecular weight is 252 g/mol. The minimum absolute atomic E-state index is 0.0304. The van der Waals surface area contributed by atoms with Crippen LogP contribution in [0.5, 0.6) is 0 Å². The molecular weight excluding hydrogens is 233 g/mol. The highest BCUT2D eigenvalue weighted by molar-refractivity contribution is 5.86. The van der Waals surface area contributed by atoms with Crippen molar-refractivity contribution in [2.45, 2.75) is 45.3 Å². The van der Waals surface area contributed by atoms with Gasteiger partial charge in [0.25, 0.3) is 0 Å². The summed E-state index contributed by atoms with van der Waals surface area (Å²) in [4.78, 5) is 11.5. The Morgan fingerprint density at radius 1 is 1.41 bits per heavy atom. The van der Waals surface area contributed by atoms with Gasteiger partial charge in [-0.05, 0) is 31.1 Å². The first-order valence-corrected chi connectivity index (χ1v) is 5.67. The van der Waals surface area contributed by atoms with Crippen LogP contribution in [0.25, 0.3) is 0 Å². The molecule has 1 rings (SSSR count). The van der Waals surface area contributed by atoms with Gasteiger partial charge in [-0.15, -0.1) is 0 Å². The highest BCUT2D eigenvalue weighted by Gasteiger charge is 2.55. The maximum absolute atomic E-state index is 12.5. The van der Waals surface area contributed by atoms with Gasteiger partial charge in [-0.3, -0.25) is 4.79 Å². The Labute approximate surface area is 98.9 Å². The van der Waals surface area contributed by atoms with E-state index in [1.807, 2.05) is 13.8 Å². The lowest BCUT2D eigenvalue weighted by Gasteiger charge is -2.28. The van der Waals surface area contributed by atoms with Gasteiger partial charge < -0.3 is 11.1 Å². The standard InChI is InChI=1S/C11H19F3N2O/c1-7(2)10(4-5-10)6-16-8(17)9(3,15)11(12,13)14/h7H,4-6,15H2,1-3H3,(H,16,17). The van der Waals surface area contributed by atoms with Crippen LogP contribution in [-0.4, -0.2) is 24.2 Å². The summed E-state index contributed by atoms with van der Waals surface area (Å²) in [5.41, 5.74) is 2.18. The van der Waals surface area contributed by atoms with Gasteiger partial charge in [0.15, 0.2) is 5.54 Å². The number of amides is 1. The first kappa shape index (κ1) is 14.3. The molecular formula is C11H19F3N2O. The van der Waals surface area contributed by atoms with E-state index in [-0.39, 0.29) is 12.0 Å². The molecule has 0 aromatic heterocycles. The van der Waals surface area contributed by atoms with Crippen molar-refractivity contribution in [3.8, 4) is 0 Å². The van der Waals surface area contributed by atoms with Crippen molar-refractivity contribution in [1.29, 1.82) is 0 Å². The molecule has 100 valence electrons. The minimum atomic E-state index is -4.73. The monoisotopic (exact) mass is 252 g/mol. The van der Waals surface area contributed by atoms with Crippen LogP contribution in [0.3, 0.4) is 0 Å². The maximum Gasteiger partial charge on any atom is 0.415 e. The number of nitrogens with two attached hydrogens (primary N) is 1. The Bertz CT molecular complexity index is 306. The third kappa shape index (κ3) is 2.73. The summed E-state index contributed by atoms with van der Waals surface area (Å²) in [6.45, 7) is 4.97. The first-order chi connectivity index (χ1) is 7.53. The molecule has 1 atom stereocenters. The Balaban J connectivity index is 2.57. The van der Waals surface area contributed by atoms with Crippen molar-refractivity contribution in [2.75, 3.05) is 6.54 Å². The molecule has 1 aliphatic carbocycles. The van der Waals surface area contributed by atoms with E-state index >= 15 is 0 Å². The third-order valence-corrected chi connectivity index (χ3v) is 3.78. The molecule has 0 aromatic rings. The number of alkyl halides is 3. The quantitative estimate of drug-likeness (QED) is 0.801. The molecule has 3 N–H and O–H groups in total. The van der Waals surface area contributed by atoms with Crippen molar-refractivity contribution in [1.82, 2.24) is 5.32 Å². The number of nitrogens with one attached hydrogen (secondary N) is 1. The van der Waals surface area contributed by atoms with Gasteiger partial charge in [0.1, 0.15) is 0 Å². The van der Waals surface area contributed by atoms with E-state index in [4.69, 9.17) is 5.73 Å². The van der Waals surface area contributed by atoms with Crippen LogP contribution in [0.15, 0.2) is 0 Å². The van der Waals surface area contributed by atoms with Crippen LogP contribution >= 0.6 is 0 Å². The van der Waals surface area contributed by atoms with Gasteiger partial charge in [-0.25, -0.2) is 0 Å². The fourth-order valence-corrected chi connectivity index (χ4v) is 1.69. The lowest BCUT2D eigenvalue weighted by molar-refractivity contribution is -0.187. The van der Waals surface area contributed by atoms with Crippen LogP contribution < -0.4 is 11.1 Å². The van der Waals surface area contributed by atoms with Crippen molar-refractivity contribution < 1.29 is 18.0 Å². The molecule has 0 aromatic carbocycles. The maximum atomic E-state index is 12.5. The lowest BCUT2D eigenvalue weighted by atomic mass is 9.92. The Morgan fingerprint density at radius 3 is 2.18 bits per heavy atom. The van der Waals surface area contributed by atoms with E-state index in [0.717, 1.165) is 12.8 Å². The van der Waals surface area contributed by atoms with Crippen LogP contribution in [0, 0.1) is 11.3 Å². The SMILES string of the molecule is CC(C)C1(CNC(=O)C(C)(N)C(F)(F)F)CC1. The fourth-order valence-electron chi connectivity index (χ4n) is 1.69. The molecule has 1 aliphatic rings. The molecule has 0 aliphatic heterocycles. The van der Waals surface area contributed by atoms with Crippen LogP contribution in [0.4, 0.5) is 13.2 Å². The summed E-state index contributed by atoms with van der Waals surface area (Å²) in [6, 6.07) is 0. The predicted molar refractivity (Wildman–Crippen MR) is 58.2 cm³/mol. The first-order valence-electron chi connectivity index (χ1n) is 5.67. The van der Waals surface area contributed by atoms with Gasteiger partial charge in [0.05, 0.1) is 0 Å². The van der Waals surface area contributed by atoms with Crippen LogP contribution in [0.1, 0.15) is 33.6 Å². The second kappa shape index (κ2) is 4.15. The Kier molecular flexibility index (Phi) is 3.49. The molecule has 0 bridgehead atoms. The summed E-state index contributed by atoms with van der Waals surface area (Å²) in [5.74, 6) is -0.811. The summed E-state index contributed by atoms with van der Waals surface area (Å²) >= 11 is 0. The van der Waals surface area contributed by atoms with Crippen LogP contribution in [0.2, 0.25) is 0 Å². The zero-order chi connectivity index (χ0) is 13.5. The molecule has 6 heteroatoms. The highest BCUT2D eigenvalue weighted by atomic mass is 19.4. The molecule has 1 amide bonds. The van der Waals surface area contributed by atoms with Crippen molar-refractivity contribution in [3.63, 3.8) is 0 Å². The molecule has 0 heterocycles. The number of rotatable bonds is 4. The second-order valence-corrected chi connectivity index (χ2v) is 5.40. The molecule has 1 fully saturated rings. The summed E-state index contributed by atoms with van der Waals surface area (Å²) in [5, 5.41) is 2.33. The van der Waals surface area contributed by atoms with Gasteiger partial charge in [0.2, 0.25) is 5.91 Å². The molecule has 0 spiro atoms. The summed E-state index contributed by atoms with van der Waals surface area (Å²) < 4.78 is 37.5. The molecule has 1 unspecified atom stereocenters. The van der Waals surface area contributed by atoms with E-state index < -0.39 is 17.6 Å². The largest absolute Gasteiger partial charge is 0.415 e. The molecule has 1 saturated carbocycles. The van der Waals surface area contributed by atoms with Gasteiger partial charge in [-0.1, -0.05) is 13.8 Å². The Hall–Kier alpha value is -0.780. The van der Waals surface area contributed by atoms with Crippen LogP contribution in [-0.2, 0) is 4.79 Å². The summed E-state index contributed by atoms with van der Waals surface area (Å²) in [7, 11) is 0.